The largest absolute Gasteiger partial charge is 0.393 e. The van der Waals surface area contributed by atoms with E-state index in [2.05, 4.69) is 26.6 Å². The number of carbonyl (C=O) groups is 11. The van der Waals surface area contributed by atoms with Gasteiger partial charge in [0.25, 0.3) is 0 Å². The highest BCUT2D eigenvalue weighted by molar-refractivity contribution is 6.20. The van der Waals surface area contributed by atoms with Gasteiger partial charge in [-0.25, -0.2) is 0 Å². The third-order valence-electron chi connectivity index (χ3n) is 20.0. The number of fused-ring (bicyclic) bond motifs is 1. The second-order valence-electron chi connectivity index (χ2n) is 27.9. The molecular weight excluding hydrogens is 1200 g/mol. The normalized spacial score (nSPS) is 30.4. The summed E-state index contributed by atoms with van der Waals surface area (Å²) in [6.07, 6.45) is 2.94. The molecule has 3 saturated carbocycles. The van der Waals surface area contributed by atoms with Crippen LogP contribution >= 0.6 is 11.6 Å². The van der Waals surface area contributed by atoms with Crippen molar-refractivity contribution in [1.29, 1.82) is 0 Å². The number of hydrogen-bond acceptors (Lipinski definition) is 11. The highest BCUT2D eigenvalue weighted by Crippen LogP contribution is 2.44. The quantitative estimate of drug-likeness (QED) is 0.158. The molecule has 0 aromatic carbocycles. The van der Waals surface area contributed by atoms with Gasteiger partial charge >= 0.3 is 6.18 Å². The predicted molar refractivity (Wildman–Crippen MR) is 338 cm³/mol. The van der Waals surface area contributed by atoms with Crippen LogP contribution in [-0.4, -0.2) is 215 Å². The monoisotopic (exact) mass is 1310 g/mol. The van der Waals surface area contributed by atoms with Crippen LogP contribution in [0.4, 0.5) is 13.2 Å². The van der Waals surface area contributed by atoms with Gasteiger partial charge < -0.3 is 56.0 Å². The van der Waals surface area contributed by atoms with Gasteiger partial charge in [-0.05, 0) is 114 Å². The molecule has 0 aromatic heterocycles. The van der Waals surface area contributed by atoms with Gasteiger partial charge in [-0.1, -0.05) is 99.8 Å². The van der Waals surface area contributed by atoms with E-state index >= 15 is 9.59 Å². The molecule has 0 bridgehead atoms. The summed E-state index contributed by atoms with van der Waals surface area (Å²) in [6, 6.07) is -8.78. The lowest BCUT2D eigenvalue weighted by atomic mass is 9.78. The van der Waals surface area contributed by atoms with Crippen LogP contribution in [0.1, 0.15) is 190 Å². The molecule has 22 nitrogen and oxygen atoms in total. The molecule has 3 unspecified atom stereocenters. The van der Waals surface area contributed by atoms with E-state index in [1.54, 1.807) is 34.6 Å². The maximum absolute atomic E-state index is 15.1. The number of alkyl halides is 4. The van der Waals surface area contributed by atoms with Crippen LogP contribution in [-0.2, 0) is 52.7 Å². The molecule has 11 amide bonds. The highest BCUT2D eigenvalue weighted by Gasteiger charge is 2.51. The first-order chi connectivity index (χ1) is 42.7. The van der Waals surface area contributed by atoms with E-state index < -0.39 is 161 Å². The van der Waals surface area contributed by atoms with E-state index in [4.69, 9.17) is 11.6 Å². The van der Waals surface area contributed by atoms with Crippen LogP contribution in [0.15, 0.2) is 0 Å². The van der Waals surface area contributed by atoms with E-state index in [1.165, 1.54) is 54.8 Å². The van der Waals surface area contributed by atoms with Crippen LogP contribution in [0, 0.1) is 35.5 Å². The van der Waals surface area contributed by atoms with Crippen LogP contribution in [0.25, 0.3) is 0 Å². The third kappa shape index (κ3) is 20.1. The van der Waals surface area contributed by atoms with Crippen molar-refractivity contribution in [2.75, 3.05) is 54.9 Å². The minimum Gasteiger partial charge on any atom is -0.351 e. The summed E-state index contributed by atoms with van der Waals surface area (Å²) in [6.45, 7) is 13.2. The molecule has 1 spiro atoms. The van der Waals surface area contributed by atoms with Gasteiger partial charge in [0.15, 0.2) is 0 Å². The molecule has 5 rings (SSSR count). The van der Waals surface area contributed by atoms with Gasteiger partial charge in [0.1, 0.15) is 47.8 Å². The Kier molecular flexibility index (Phi) is 28.3. The Hall–Kier alpha value is -5.75. The average molecular weight is 1310 g/mol. The number of amides is 11. The summed E-state index contributed by atoms with van der Waals surface area (Å²) >= 11 is 6.36. The Labute approximate surface area is 542 Å². The van der Waals surface area contributed by atoms with Crippen LogP contribution < -0.4 is 26.6 Å². The van der Waals surface area contributed by atoms with E-state index in [9.17, 15) is 56.3 Å². The lowest BCUT2D eigenvalue weighted by molar-refractivity contribution is -0.182. The zero-order valence-electron chi connectivity index (χ0n) is 56.3. The van der Waals surface area contributed by atoms with Crippen molar-refractivity contribution in [2.45, 2.75) is 256 Å². The number of nitrogens with zero attached hydrogens (tertiary/aromatic N) is 6. The molecule has 91 heavy (non-hydrogen) atoms. The molecule has 3 aliphatic carbocycles. The SMILES string of the molecule is CC[C@@H]1NC(=O)[C@H]([C@@H](C)CC)NC(=O)[C@H](CC(C)C)N(C)C(=O)C[C@@H](C)NC(=O)[C@H](C(C)C)N(C)C(=O)C2(CCCC2)NC(=O)[C@@H]2CCCN2C(=O)[C@H](CCC2CCC(C(F)(F)F)C(Cl)C2)NC(=O)CN(C)C(=O)[C@H](CC2CCCCC2)N(C)C(=O)CN(C)C1=O. The fourth-order valence-corrected chi connectivity index (χ4v) is 14.8. The molecule has 2 heterocycles. The molecule has 5 N–H and O–H groups in total. The first-order valence-corrected chi connectivity index (χ1v) is 33.9. The zero-order chi connectivity index (χ0) is 68.0. The van der Waals surface area contributed by atoms with E-state index in [1.807, 2.05) is 20.8 Å². The number of halogens is 4. The topological polar surface area (TPSA) is 267 Å². The molecular formula is C65H107ClF3N11O11. The molecule has 26 heteroatoms. The van der Waals surface area contributed by atoms with Crippen LogP contribution in [0.5, 0.6) is 0 Å². The van der Waals surface area contributed by atoms with Crippen molar-refractivity contribution < 1.29 is 65.9 Å². The molecule has 2 aliphatic heterocycles. The first-order valence-electron chi connectivity index (χ1n) is 33.5. The summed E-state index contributed by atoms with van der Waals surface area (Å²) in [4.78, 5) is 168. The standard InChI is InChI=1S/C65H107ClF3N11O11/c1-14-40(7)54-58(86)72-46(15-2)60(88)76(10)37-53(83)78(12)50(35-42-22-17-16-18-23-42)62(90)75(9)36-51(81)71-47(28-26-43-25-27-44(45(66)34-43)65(67,68)69)61(89)80-31-21-24-48(80)57(85)74-64(29-19-20-30-64)63(91)79(13)55(39(5)6)59(87)70-41(8)33-52(82)77(11)49(32-38(3)4)56(84)73-54/h38-50,54-55H,14-37H2,1-13H3,(H,70,87)(H,71,81)(H,72,86)(H,73,84)(H,74,85)/t40-,41+,43?,44?,45?,46-,47-,48-,49-,50-,54-,55-/m0/s1. The predicted octanol–water partition coefficient (Wildman–Crippen LogP) is 5.66. The van der Waals surface area contributed by atoms with E-state index in [-0.39, 0.29) is 101 Å². The van der Waals surface area contributed by atoms with Crippen molar-refractivity contribution in [3.63, 3.8) is 0 Å². The average Bonchev–Trinajstić information content (AvgIpc) is 1.75. The Balaban J connectivity index is 1.54. The molecule has 5 fully saturated rings. The number of likely N-dealkylation sites (N-methyl/N-ethyl adjacent to an activating group) is 5. The van der Waals surface area contributed by atoms with Gasteiger partial charge in [0.05, 0.1) is 19.0 Å². The van der Waals surface area contributed by atoms with Crippen LogP contribution in [0.2, 0.25) is 0 Å². The van der Waals surface area contributed by atoms with E-state index in [0.717, 1.165) is 41.9 Å². The Bertz CT molecular complexity index is 2570. The highest BCUT2D eigenvalue weighted by atomic mass is 35.5. The molecule has 5 aliphatic rings. The lowest BCUT2D eigenvalue weighted by Gasteiger charge is -2.39. The molecule has 2 saturated heterocycles. The first kappa shape index (κ1) is 76.0. The number of nitrogens with one attached hydrogen (secondary N) is 5. The van der Waals surface area contributed by atoms with Gasteiger partial charge in [-0.3, -0.25) is 52.7 Å². The van der Waals surface area contributed by atoms with Gasteiger partial charge in [-0.15, -0.1) is 11.6 Å². The van der Waals surface area contributed by atoms with Crippen molar-refractivity contribution in [2.24, 2.45) is 35.5 Å². The lowest BCUT2D eigenvalue weighted by Crippen LogP contribution is -2.64. The summed E-state index contributed by atoms with van der Waals surface area (Å²) in [5.41, 5.74) is -1.48. The fourth-order valence-electron chi connectivity index (χ4n) is 14.3. The number of carbonyl (C=O) groups excluding carboxylic acids is 11. The molecule has 0 radical (unpaired) electrons. The smallest absolute Gasteiger partial charge is 0.351 e. The van der Waals surface area contributed by atoms with Crippen molar-refractivity contribution in [1.82, 2.24) is 56.0 Å². The second kappa shape index (κ2) is 33.9. The maximum Gasteiger partial charge on any atom is 0.393 e. The fraction of sp³-hybridized carbons (Fsp3) is 0.831. The molecule has 12 atom stereocenters. The Morgan fingerprint density at radius 3 is 1.82 bits per heavy atom. The summed E-state index contributed by atoms with van der Waals surface area (Å²) in [5, 5.41) is 13.2. The second-order valence-corrected chi connectivity index (χ2v) is 28.4. The third-order valence-corrected chi connectivity index (χ3v) is 20.5. The van der Waals surface area contributed by atoms with Gasteiger partial charge in [0.2, 0.25) is 65.0 Å². The minimum atomic E-state index is -4.49. The Morgan fingerprint density at radius 2 is 1.24 bits per heavy atom. The van der Waals surface area contributed by atoms with Gasteiger partial charge in [0, 0.05) is 59.6 Å². The van der Waals surface area contributed by atoms with Crippen molar-refractivity contribution >= 4 is 76.6 Å². The van der Waals surface area contributed by atoms with Crippen LogP contribution in [0.3, 0.4) is 0 Å². The van der Waals surface area contributed by atoms with E-state index in [0.29, 0.717) is 25.7 Å². The number of rotatable bonds is 11. The zero-order valence-corrected chi connectivity index (χ0v) is 57.1. The number of hydrogen-bond donors (Lipinski definition) is 5. The Morgan fingerprint density at radius 1 is 0.615 bits per heavy atom. The summed E-state index contributed by atoms with van der Waals surface area (Å²) < 4.78 is 41.7. The maximum atomic E-state index is 15.1. The van der Waals surface area contributed by atoms with Gasteiger partial charge in [-0.2, -0.15) is 13.2 Å². The van der Waals surface area contributed by atoms with Crippen molar-refractivity contribution in [3.05, 3.63) is 0 Å². The minimum absolute atomic E-state index is 0.0136. The molecule has 516 valence electrons. The summed E-state index contributed by atoms with van der Waals surface area (Å²) in [7, 11) is 7.22. The summed E-state index contributed by atoms with van der Waals surface area (Å²) in [5.74, 6) is -9.69. The molecule has 0 aromatic rings. The van der Waals surface area contributed by atoms with Crippen molar-refractivity contribution in [3.8, 4) is 0 Å².